The molecule has 2 heteroatoms. The lowest BCUT2D eigenvalue weighted by Crippen LogP contribution is -2.41. The first-order valence-electron chi connectivity index (χ1n) is 7.29. The normalized spacial score (nSPS) is 30.6. The second-order valence-corrected chi connectivity index (χ2v) is 5.71. The fraction of sp³-hybridized carbons (Fsp3) is 0.625. The van der Waals surface area contributed by atoms with Crippen molar-refractivity contribution >= 4 is 0 Å². The fourth-order valence-corrected chi connectivity index (χ4v) is 3.23. The topological polar surface area (TPSA) is 21.3 Å². The van der Waals surface area contributed by atoms with Crippen molar-refractivity contribution in [2.75, 3.05) is 0 Å². The summed E-state index contributed by atoms with van der Waals surface area (Å²) in [5, 5.41) is 3.65. The van der Waals surface area contributed by atoms with Crippen LogP contribution in [0.3, 0.4) is 0 Å². The molecule has 0 aliphatic carbocycles. The Morgan fingerprint density at radius 3 is 2.28 bits per heavy atom. The Morgan fingerprint density at radius 1 is 1.06 bits per heavy atom. The highest BCUT2D eigenvalue weighted by Crippen LogP contribution is 2.28. The van der Waals surface area contributed by atoms with Crippen molar-refractivity contribution in [2.45, 2.75) is 63.8 Å². The van der Waals surface area contributed by atoms with E-state index in [2.05, 4.69) is 36.5 Å². The van der Waals surface area contributed by atoms with E-state index in [-0.39, 0.29) is 0 Å². The molecule has 0 radical (unpaired) electrons. The van der Waals surface area contributed by atoms with E-state index in [4.69, 9.17) is 4.74 Å². The Balaban J connectivity index is 1.51. The van der Waals surface area contributed by atoms with Gasteiger partial charge < -0.3 is 10.1 Å². The van der Waals surface area contributed by atoms with Gasteiger partial charge in [0.2, 0.25) is 0 Å². The van der Waals surface area contributed by atoms with Gasteiger partial charge in [-0.15, -0.1) is 0 Å². The van der Waals surface area contributed by atoms with Crippen molar-refractivity contribution < 1.29 is 4.74 Å². The van der Waals surface area contributed by atoms with E-state index in [1.54, 1.807) is 0 Å². The molecular formula is C16H23NO. The van der Waals surface area contributed by atoms with Crippen LogP contribution in [0.5, 0.6) is 0 Å². The number of ether oxygens (including phenoxy) is 1. The predicted molar refractivity (Wildman–Crippen MR) is 73.6 cm³/mol. The molecule has 2 saturated heterocycles. The largest absolute Gasteiger partial charge is 0.373 e. The Bertz CT molecular complexity index is 375. The lowest BCUT2D eigenvalue weighted by atomic mass is 10.0. The molecule has 1 N–H and O–H groups in total. The minimum absolute atomic E-state index is 0.467. The standard InChI is InChI=1S/C16H23NO/c1-2-12-3-5-13(6-4-12)11-18-16-9-14-7-8-15(10-16)17-14/h3-6,14-17H,2,7-11H2,1H3. The third kappa shape index (κ3) is 2.76. The summed E-state index contributed by atoms with van der Waals surface area (Å²) in [6.45, 7) is 2.96. The summed E-state index contributed by atoms with van der Waals surface area (Å²) in [7, 11) is 0. The molecule has 2 fully saturated rings. The van der Waals surface area contributed by atoms with Gasteiger partial charge in [0.05, 0.1) is 12.7 Å². The summed E-state index contributed by atoms with van der Waals surface area (Å²) in [4.78, 5) is 0. The summed E-state index contributed by atoms with van der Waals surface area (Å²) in [5.41, 5.74) is 2.71. The molecular weight excluding hydrogens is 222 g/mol. The number of aryl methyl sites for hydroxylation is 1. The monoisotopic (exact) mass is 245 g/mol. The van der Waals surface area contributed by atoms with Crippen molar-refractivity contribution in [2.24, 2.45) is 0 Å². The minimum atomic E-state index is 0.467. The number of piperidine rings is 1. The van der Waals surface area contributed by atoms with Crippen molar-refractivity contribution in [3.63, 3.8) is 0 Å². The van der Waals surface area contributed by atoms with Crippen LogP contribution in [0.15, 0.2) is 24.3 Å². The smallest absolute Gasteiger partial charge is 0.0720 e. The van der Waals surface area contributed by atoms with E-state index in [0.717, 1.165) is 25.1 Å². The van der Waals surface area contributed by atoms with Crippen LogP contribution < -0.4 is 5.32 Å². The molecule has 0 aromatic heterocycles. The molecule has 1 aromatic rings. The van der Waals surface area contributed by atoms with Crippen molar-refractivity contribution in [1.29, 1.82) is 0 Å². The minimum Gasteiger partial charge on any atom is -0.373 e. The number of fused-ring (bicyclic) bond motifs is 2. The van der Waals surface area contributed by atoms with Gasteiger partial charge in [0, 0.05) is 12.1 Å². The van der Waals surface area contributed by atoms with Gasteiger partial charge in [-0.05, 0) is 43.2 Å². The van der Waals surface area contributed by atoms with E-state index in [1.165, 1.54) is 36.8 Å². The molecule has 3 rings (SSSR count). The van der Waals surface area contributed by atoms with Crippen molar-refractivity contribution in [1.82, 2.24) is 5.32 Å². The maximum atomic E-state index is 6.08. The lowest BCUT2D eigenvalue weighted by Gasteiger charge is -2.29. The van der Waals surface area contributed by atoms with Gasteiger partial charge in [0.1, 0.15) is 0 Å². The highest BCUT2D eigenvalue weighted by atomic mass is 16.5. The highest BCUT2D eigenvalue weighted by Gasteiger charge is 2.33. The predicted octanol–water partition coefficient (Wildman–Crippen LogP) is 3.05. The SMILES string of the molecule is CCc1ccc(COC2CC3CCC(C2)N3)cc1. The fourth-order valence-electron chi connectivity index (χ4n) is 3.23. The van der Waals surface area contributed by atoms with Crippen LogP contribution in [0.4, 0.5) is 0 Å². The van der Waals surface area contributed by atoms with E-state index < -0.39 is 0 Å². The van der Waals surface area contributed by atoms with Crippen LogP contribution >= 0.6 is 0 Å². The molecule has 0 saturated carbocycles. The second kappa shape index (κ2) is 5.41. The summed E-state index contributed by atoms with van der Waals surface area (Å²) in [6.07, 6.45) is 6.66. The van der Waals surface area contributed by atoms with E-state index in [0.29, 0.717) is 6.10 Å². The zero-order valence-electron chi connectivity index (χ0n) is 11.2. The molecule has 2 bridgehead atoms. The summed E-state index contributed by atoms with van der Waals surface area (Å²) in [6, 6.07) is 10.3. The second-order valence-electron chi connectivity index (χ2n) is 5.71. The maximum Gasteiger partial charge on any atom is 0.0720 e. The summed E-state index contributed by atoms with van der Waals surface area (Å²) < 4.78 is 6.08. The number of nitrogens with one attached hydrogen (secondary N) is 1. The summed E-state index contributed by atoms with van der Waals surface area (Å²) in [5.74, 6) is 0. The van der Waals surface area contributed by atoms with Crippen LogP contribution in [0.2, 0.25) is 0 Å². The third-order valence-corrected chi connectivity index (χ3v) is 4.35. The van der Waals surface area contributed by atoms with Gasteiger partial charge >= 0.3 is 0 Å². The quantitative estimate of drug-likeness (QED) is 0.880. The zero-order valence-corrected chi connectivity index (χ0v) is 11.2. The van der Waals surface area contributed by atoms with Crippen LogP contribution in [-0.2, 0) is 17.8 Å². The first-order valence-corrected chi connectivity index (χ1v) is 7.29. The maximum absolute atomic E-state index is 6.08. The van der Waals surface area contributed by atoms with Gasteiger partial charge in [0.15, 0.2) is 0 Å². The average Bonchev–Trinajstić information content (AvgIpc) is 2.76. The van der Waals surface area contributed by atoms with Crippen molar-refractivity contribution in [3.05, 3.63) is 35.4 Å². The molecule has 1 aromatic carbocycles. The van der Waals surface area contributed by atoms with E-state index >= 15 is 0 Å². The molecule has 18 heavy (non-hydrogen) atoms. The molecule has 2 heterocycles. The Hall–Kier alpha value is -0.860. The molecule has 2 aliphatic rings. The number of hydrogen-bond acceptors (Lipinski definition) is 2. The van der Waals surface area contributed by atoms with Crippen molar-refractivity contribution in [3.8, 4) is 0 Å². The molecule has 2 atom stereocenters. The number of benzene rings is 1. The zero-order chi connectivity index (χ0) is 12.4. The summed E-state index contributed by atoms with van der Waals surface area (Å²) >= 11 is 0. The van der Waals surface area contributed by atoms with E-state index in [9.17, 15) is 0 Å². The Morgan fingerprint density at radius 2 is 1.67 bits per heavy atom. The van der Waals surface area contributed by atoms with E-state index in [1.807, 2.05) is 0 Å². The number of rotatable bonds is 4. The van der Waals surface area contributed by atoms with Crippen LogP contribution in [0.1, 0.15) is 43.7 Å². The Labute approximate surface area is 110 Å². The molecule has 98 valence electrons. The van der Waals surface area contributed by atoms with Gasteiger partial charge in [0.25, 0.3) is 0 Å². The van der Waals surface area contributed by atoms with Gasteiger partial charge in [-0.3, -0.25) is 0 Å². The molecule has 0 spiro atoms. The molecule has 2 unspecified atom stereocenters. The molecule has 0 amide bonds. The highest BCUT2D eigenvalue weighted by molar-refractivity contribution is 5.21. The lowest BCUT2D eigenvalue weighted by molar-refractivity contribution is 0.00917. The first kappa shape index (κ1) is 12.2. The van der Waals surface area contributed by atoms with Gasteiger partial charge in [-0.2, -0.15) is 0 Å². The first-order chi connectivity index (χ1) is 8.83. The van der Waals surface area contributed by atoms with Gasteiger partial charge in [-0.1, -0.05) is 31.2 Å². The number of hydrogen-bond donors (Lipinski definition) is 1. The van der Waals surface area contributed by atoms with Gasteiger partial charge in [-0.25, -0.2) is 0 Å². The molecule has 2 nitrogen and oxygen atoms in total. The Kier molecular flexibility index (Phi) is 3.67. The third-order valence-electron chi connectivity index (χ3n) is 4.35. The van der Waals surface area contributed by atoms with Crippen LogP contribution in [0, 0.1) is 0 Å². The average molecular weight is 245 g/mol. The van der Waals surface area contributed by atoms with Crippen LogP contribution in [0.25, 0.3) is 0 Å². The molecule has 2 aliphatic heterocycles. The van der Waals surface area contributed by atoms with Crippen LogP contribution in [-0.4, -0.2) is 18.2 Å².